The Bertz CT molecular complexity index is 1210. The van der Waals surface area contributed by atoms with Gasteiger partial charge in [-0.15, -0.1) is 11.3 Å². The first kappa shape index (κ1) is 29.8. The molecule has 9 heteroatoms. The maximum Gasteiger partial charge on any atom is 0.430 e. The number of ether oxygens (including phenoxy) is 1. The zero-order valence-corrected chi connectivity index (χ0v) is 23.0. The van der Waals surface area contributed by atoms with E-state index >= 15 is 0 Å². The van der Waals surface area contributed by atoms with E-state index in [1.54, 1.807) is 0 Å². The molecule has 3 aromatic rings. The molecule has 1 unspecified atom stereocenters. The average molecular weight is 574 g/mol. The molecule has 0 amide bonds. The van der Waals surface area contributed by atoms with Crippen molar-refractivity contribution >= 4 is 23.3 Å². The number of esters is 1. The van der Waals surface area contributed by atoms with Crippen LogP contribution in [-0.4, -0.2) is 54.9 Å². The van der Waals surface area contributed by atoms with E-state index in [4.69, 9.17) is 14.6 Å². The third-order valence-corrected chi connectivity index (χ3v) is 8.88. The first-order valence-corrected chi connectivity index (χ1v) is 14.5. The van der Waals surface area contributed by atoms with Gasteiger partial charge in [-0.1, -0.05) is 66.7 Å². The summed E-state index contributed by atoms with van der Waals surface area (Å²) in [5, 5.41) is 11.0. The number of hydrogen-bond donors (Lipinski definition) is 0. The molecular weight excluding hydrogens is 539 g/mol. The SMILES string of the molecule is O=C(O[C@H]1C[N+]2(CCCc3cccs3)CCC1CC2)C(Cc1ccccc1)c1ccccc1.O=C([O-])C(F)(F)F. The Morgan fingerprint density at radius 3 is 2.17 bits per heavy atom. The maximum atomic E-state index is 13.5. The number of benzene rings is 2. The van der Waals surface area contributed by atoms with Crippen LogP contribution in [0.1, 0.15) is 41.2 Å². The number of carbonyl (C=O) groups excluding carboxylic acids is 2. The monoisotopic (exact) mass is 573 g/mol. The van der Waals surface area contributed by atoms with Crippen molar-refractivity contribution in [3.8, 4) is 0 Å². The van der Waals surface area contributed by atoms with Gasteiger partial charge in [0.1, 0.15) is 12.5 Å². The lowest BCUT2D eigenvalue weighted by Gasteiger charge is -2.52. The number of alkyl halides is 3. The van der Waals surface area contributed by atoms with E-state index in [1.165, 1.54) is 55.8 Å². The number of carbonyl (C=O) groups is 2. The fourth-order valence-corrected chi connectivity index (χ4v) is 6.57. The Morgan fingerprint density at radius 1 is 0.975 bits per heavy atom. The van der Waals surface area contributed by atoms with Gasteiger partial charge < -0.3 is 19.1 Å². The van der Waals surface area contributed by atoms with Crippen molar-refractivity contribution in [3.05, 3.63) is 94.2 Å². The summed E-state index contributed by atoms with van der Waals surface area (Å²) in [5.74, 6) is -2.79. The van der Waals surface area contributed by atoms with Crippen LogP contribution in [0.2, 0.25) is 0 Å². The van der Waals surface area contributed by atoms with E-state index < -0.39 is 12.1 Å². The lowest BCUT2D eigenvalue weighted by atomic mass is 9.82. The van der Waals surface area contributed by atoms with Crippen LogP contribution in [0.15, 0.2) is 78.2 Å². The molecule has 0 aliphatic carbocycles. The van der Waals surface area contributed by atoms with Crippen molar-refractivity contribution in [2.24, 2.45) is 5.92 Å². The van der Waals surface area contributed by atoms with E-state index in [0.717, 1.165) is 16.6 Å². The number of fused-ring (bicyclic) bond motifs is 3. The molecule has 3 saturated heterocycles. The third kappa shape index (κ3) is 8.17. The Kier molecular flexibility index (Phi) is 10.0. The zero-order valence-electron chi connectivity index (χ0n) is 22.2. The van der Waals surface area contributed by atoms with Gasteiger partial charge in [-0.3, -0.25) is 4.79 Å². The lowest BCUT2D eigenvalue weighted by Crippen LogP contribution is -2.64. The number of halogens is 3. The summed E-state index contributed by atoms with van der Waals surface area (Å²) in [5.41, 5.74) is 2.22. The molecule has 2 aromatic carbocycles. The van der Waals surface area contributed by atoms with Crippen LogP contribution in [0, 0.1) is 5.92 Å². The summed E-state index contributed by atoms with van der Waals surface area (Å²) in [7, 11) is 0. The summed E-state index contributed by atoms with van der Waals surface area (Å²) < 4.78 is 39.0. The first-order valence-electron chi connectivity index (χ1n) is 13.6. The predicted octanol–water partition coefficient (Wildman–Crippen LogP) is 5.16. The number of quaternary nitrogens is 1. The van der Waals surface area contributed by atoms with E-state index in [1.807, 2.05) is 47.7 Å². The van der Waals surface area contributed by atoms with Crippen molar-refractivity contribution < 1.29 is 37.1 Å². The highest BCUT2D eigenvalue weighted by atomic mass is 32.1. The summed E-state index contributed by atoms with van der Waals surface area (Å²) in [6, 6.07) is 24.9. The number of nitrogens with zero attached hydrogens (tertiary/aromatic N) is 1. The van der Waals surface area contributed by atoms with E-state index in [0.29, 0.717) is 12.3 Å². The lowest BCUT2D eigenvalue weighted by molar-refractivity contribution is -0.946. The molecule has 214 valence electrons. The van der Waals surface area contributed by atoms with Crippen LogP contribution in [0.4, 0.5) is 13.2 Å². The van der Waals surface area contributed by atoms with Gasteiger partial charge in [0.15, 0.2) is 6.10 Å². The van der Waals surface area contributed by atoms with Crippen molar-refractivity contribution in [2.75, 3.05) is 26.2 Å². The number of aryl methyl sites for hydroxylation is 1. The first-order chi connectivity index (χ1) is 19.2. The minimum Gasteiger partial charge on any atom is -0.542 e. The molecule has 0 saturated carbocycles. The minimum absolute atomic E-state index is 0.0551. The van der Waals surface area contributed by atoms with Crippen molar-refractivity contribution in [1.82, 2.24) is 0 Å². The van der Waals surface area contributed by atoms with E-state index in [2.05, 4.69) is 41.8 Å². The van der Waals surface area contributed by atoms with Crippen LogP contribution in [0.25, 0.3) is 0 Å². The number of piperidine rings is 3. The van der Waals surface area contributed by atoms with Crippen LogP contribution < -0.4 is 5.11 Å². The largest absolute Gasteiger partial charge is 0.542 e. The van der Waals surface area contributed by atoms with Crippen LogP contribution in [0.3, 0.4) is 0 Å². The van der Waals surface area contributed by atoms with Crippen LogP contribution >= 0.6 is 11.3 Å². The molecule has 6 rings (SSSR count). The molecule has 0 N–H and O–H groups in total. The number of carboxylic acid groups (broad SMARTS) is 1. The van der Waals surface area contributed by atoms with Gasteiger partial charge in [-0.2, -0.15) is 13.2 Å². The van der Waals surface area contributed by atoms with Crippen LogP contribution in [-0.2, 0) is 27.2 Å². The third-order valence-electron chi connectivity index (χ3n) is 7.95. The molecule has 0 radical (unpaired) electrons. The van der Waals surface area contributed by atoms with Gasteiger partial charge in [0.2, 0.25) is 0 Å². The Labute approximate surface area is 236 Å². The standard InChI is InChI=1S/C29H34NO2S.C2HF3O2/c31-29(27(24-11-5-2-6-12-24)21-23-9-3-1-4-10-23)32-28-22-30(18-15-25(28)16-19-30)17-7-13-26-14-8-20-33-26;3-2(4,5)1(6)7/h1-6,8-12,14,20,25,27-28H,7,13,15-19,21-22H2;(H,6,7)/q+1;/p-1/t25?,27?,28-,30?;/m0./s1. The van der Waals surface area contributed by atoms with Crippen molar-refractivity contribution in [1.29, 1.82) is 0 Å². The highest BCUT2D eigenvalue weighted by Gasteiger charge is 2.47. The second-order valence-corrected chi connectivity index (χ2v) is 11.7. The smallest absolute Gasteiger partial charge is 0.430 e. The van der Waals surface area contributed by atoms with Crippen molar-refractivity contribution in [3.63, 3.8) is 0 Å². The van der Waals surface area contributed by atoms with Gasteiger partial charge >= 0.3 is 12.1 Å². The van der Waals surface area contributed by atoms with Gasteiger partial charge in [0, 0.05) is 30.1 Å². The van der Waals surface area contributed by atoms with Gasteiger partial charge in [0.25, 0.3) is 0 Å². The second-order valence-electron chi connectivity index (χ2n) is 10.6. The zero-order chi connectivity index (χ0) is 28.6. The number of rotatable bonds is 9. The molecule has 40 heavy (non-hydrogen) atoms. The predicted molar refractivity (Wildman–Crippen MR) is 145 cm³/mol. The van der Waals surface area contributed by atoms with Crippen molar-refractivity contribution in [2.45, 2.75) is 50.3 Å². The topological polar surface area (TPSA) is 66.4 Å². The number of thiophene rings is 1. The molecule has 1 aromatic heterocycles. The number of hydrogen-bond acceptors (Lipinski definition) is 5. The highest BCUT2D eigenvalue weighted by molar-refractivity contribution is 7.09. The Balaban J connectivity index is 0.000000470. The molecule has 3 aliphatic heterocycles. The molecule has 2 atom stereocenters. The molecule has 5 nitrogen and oxygen atoms in total. The fraction of sp³-hybridized carbons (Fsp3) is 0.419. The summed E-state index contributed by atoms with van der Waals surface area (Å²) in [6.45, 7) is 4.68. The molecule has 3 aliphatic rings. The van der Waals surface area contributed by atoms with Crippen LogP contribution in [0.5, 0.6) is 0 Å². The Morgan fingerprint density at radius 2 is 1.60 bits per heavy atom. The molecular formula is C31H34F3NO4S. The Hall–Kier alpha value is -3.17. The average Bonchev–Trinajstić information content (AvgIpc) is 3.47. The summed E-state index contributed by atoms with van der Waals surface area (Å²) >= 11 is 1.86. The maximum absolute atomic E-state index is 13.5. The fourth-order valence-electron chi connectivity index (χ4n) is 5.82. The molecule has 2 bridgehead atoms. The van der Waals surface area contributed by atoms with Gasteiger partial charge in [-0.05, 0) is 35.4 Å². The second kappa shape index (κ2) is 13.5. The minimum atomic E-state index is -5.19. The van der Waals surface area contributed by atoms with E-state index in [-0.39, 0.29) is 18.0 Å². The summed E-state index contributed by atoms with van der Waals surface area (Å²) in [6.07, 6.45) is 0.299. The molecule has 4 heterocycles. The van der Waals surface area contributed by atoms with Gasteiger partial charge in [-0.25, -0.2) is 0 Å². The number of carboxylic acids is 1. The summed E-state index contributed by atoms with van der Waals surface area (Å²) in [4.78, 5) is 23.8. The highest BCUT2D eigenvalue weighted by Crippen LogP contribution is 2.37. The number of aliphatic carboxylic acids is 1. The van der Waals surface area contributed by atoms with Gasteiger partial charge in [0.05, 0.1) is 25.6 Å². The molecule has 0 spiro atoms. The molecule has 3 fully saturated rings. The normalized spacial score (nSPS) is 22.6. The van der Waals surface area contributed by atoms with E-state index in [9.17, 15) is 18.0 Å². The quantitative estimate of drug-likeness (QED) is 0.262.